The van der Waals surface area contributed by atoms with Crippen LogP contribution >= 0.6 is 11.3 Å². The van der Waals surface area contributed by atoms with Crippen LogP contribution in [-0.2, 0) is 0 Å². The van der Waals surface area contributed by atoms with E-state index in [9.17, 15) is 0 Å². The molecule has 1 aromatic heterocycles. The van der Waals surface area contributed by atoms with E-state index in [1.165, 1.54) is 11.3 Å². The predicted octanol–water partition coefficient (Wildman–Crippen LogP) is 4.86. The molecule has 0 bridgehead atoms. The first-order valence-corrected chi connectivity index (χ1v) is 8.81. The van der Waals surface area contributed by atoms with Crippen molar-refractivity contribution >= 4 is 16.5 Å². The van der Waals surface area contributed by atoms with Gasteiger partial charge in [-0.2, -0.15) is 0 Å². The van der Waals surface area contributed by atoms with Crippen molar-refractivity contribution in [2.75, 3.05) is 18.9 Å². The smallest absolute Gasteiger partial charge is 0.180 e. The summed E-state index contributed by atoms with van der Waals surface area (Å²) in [6.07, 6.45) is 0. The molecule has 2 aromatic carbocycles. The van der Waals surface area contributed by atoms with Gasteiger partial charge in [0.15, 0.2) is 5.13 Å². The Kier molecular flexibility index (Phi) is 5.01. The van der Waals surface area contributed by atoms with Gasteiger partial charge in [0.1, 0.15) is 11.5 Å². The molecule has 0 unspecified atom stereocenters. The third kappa shape index (κ3) is 3.36. The Hall–Kier alpha value is -2.53. The third-order valence-electron chi connectivity index (χ3n) is 3.56. The van der Waals surface area contributed by atoms with Crippen molar-refractivity contribution in [1.82, 2.24) is 4.98 Å². The summed E-state index contributed by atoms with van der Waals surface area (Å²) >= 11 is 1.42. The maximum atomic E-state index is 5.88. The molecular weight excluding hydrogens is 320 g/mol. The van der Waals surface area contributed by atoms with Crippen molar-refractivity contribution in [3.8, 4) is 33.9 Å². The fourth-order valence-electron chi connectivity index (χ4n) is 2.56. The Bertz CT molecular complexity index is 815. The zero-order valence-corrected chi connectivity index (χ0v) is 14.6. The van der Waals surface area contributed by atoms with E-state index in [-0.39, 0.29) is 0 Å². The first-order chi connectivity index (χ1) is 11.7. The second kappa shape index (κ2) is 7.36. The number of nitrogens with zero attached hydrogens (tertiary/aromatic N) is 1. The highest BCUT2D eigenvalue weighted by Gasteiger charge is 2.16. The van der Waals surface area contributed by atoms with Gasteiger partial charge in [0.05, 0.1) is 18.9 Å². The zero-order valence-electron chi connectivity index (χ0n) is 13.8. The lowest BCUT2D eigenvalue weighted by Crippen LogP contribution is -1.99. The van der Waals surface area contributed by atoms with E-state index in [1.807, 2.05) is 49.6 Å². The van der Waals surface area contributed by atoms with E-state index in [0.29, 0.717) is 18.3 Å². The summed E-state index contributed by atoms with van der Waals surface area (Å²) < 4.78 is 11.7. The second-order valence-electron chi connectivity index (χ2n) is 5.15. The van der Waals surface area contributed by atoms with Gasteiger partial charge in [-0.15, -0.1) is 11.3 Å². The first-order valence-electron chi connectivity index (χ1n) is 7.93. The largest absolute Gasteiger partial charge is 0.493 e. The molecule has 0 fully saturated rings. The molecular formula is C19H20N2O2S. The SMILES string of the molecule is CCOc1cc(-c2csc(N)n2)c(OCC)cc1-c1ccccc1. The van der Waals surface area contributed by atoms with Crippen LogP contribution in [0.25, 0.3) is 22.4 Å². The van der Waals surface area contributed by atoms with Gasteiger partial charge in [0, 0.05) is 16.5 Å². The lowest BCUT2D eigenvalue weighted by atomic mass is 10.0. The minimum atomic E-state index is 0.539. The Labute approximate surface area is 145 Å². The summed E-state index contributed by atoms with van der Waals surface area (Å²) in [6.45, 7) is 5.12. The van der Waals surface area contributed by atoms with Gasteiger partial charge in [-0.25, -0.2) is 4.98 Å². The molecule has 0 saturated carbocycles. The molecule has 0 amide bonds. The summed E-state index contributed by atoms with van der Waals surface area (Å²) in [4.78, 5) is 4.39. The van der Waals surface area contributed by atoms with Gasteiger partial charge in [0.25, 0.3) is 0 Å². The van der Waals surface area contributed by atoms with E-state index >= 15 is 0 Å². The number of nitrogens with two attached hydrogens (primary N) is 1. The molecule has 0 radical (unpaired) electrons. The molecule has 24 heavy (non-hydrogen) atoms. The van der Waals surface area contributed by atoms with Gasteiger partial charge >= 0.3 is 0 Å². The molecule has 0 aliphatic carbocycles. The highest BCUT2D eigenvalue weighted by molar-refractivity contribution is 7.13. The van der Waals surface area contributed by atoms with Gasteiger partial charge < -0.3 is 15.2 Å². The highest BCUT2D eigenvalue weighted by atomic mass is 32.1. The monoisotopic (exact) mass is 340 g/mol. The molecule has 3 aromatic rings. The Balaban J connectivity index is 2.18. The summed E-state index contributed by atoms with van der Waals surface area (Å²) in [5.74, 6) is 1.60. The quantitative estimate of drug-likeness (QED) is 0.696. The highest BCUT2D eigenvalue weighted by Crippen LogP contribution is 2.41. The Morgan fingerprint density at radius 1 is 0.958 bits per heavy atom. The summed E-state index contributed by atoms with van der Waals surface area (Å²) in [5.41, 5.74) is 9.59. The Morgan fingerprint density at radius 2 is 1.58 bits per heavy atom. The van der Waals surface area contributed by atoms with Crippen molar-refractivity contribution in [1.29, 1.82) is 0 Å². The maximum absolute atomic E-state index is 5.88. The average molecular weight is 340 g/mol. The molecule has 5 heteroatoms. The standard InChI is InChI=1S/C19H20N2O2S/c1-3-22-17-11-15(16-12-24-19(20)21-16)18(23-4-2)10-14(17)13-8-6-5-7-9-13/h5-12H,3-4H2,1-2H3,(H2,20,21). The molecule has 124 valence electrons. The van der Waals surface area contributed by atoms with Gasteiger partial charge in [-0.1, -0.05) is 30.3 Å². The summed E-state index contributed by atoms with van der Waals surface area (Å²) in [5, 5.41) is 2.48. The van der Waals surface area contributed by atoms with Crippen LogP contribution in [0, 0.1) is 0 Å². The van der Waals surface area contributed by atoms with E-state index in [0.717, 1.165) is 33.9 Å². The molecule has 0 atom stereocenters. The van der Waals surface area contributed by atoms with Gasteiger partial charge in [-0.3, -0.25) is 0 Å². The van der Waals surface area contributed by atoms with Gasteiger partial charge in [-0.05, 0) is 31.5 Å². The van der Waals surface area contributed by atoms with Gasteiger partial charge in [0.2, 0.25) is 0 Å². The molecule has 3 rings (SSSR count). The minimum Gasteiger partial charge on any atom is -0.493 e. The predicted molar refractivity (Wildman–Crippen MR) is 99.7 cm³/mol. The van der Waals surface area contributed by atoms with E-state index < -0.39 is 0 Å². The van der Waals surface area contributed by atoms with Crippen molar-refractivity contribution in [3.05, 3.63) is 47.8 Å². The number of thiazole rings is 1. The fourth-order valence-corrected chi connectivity index (χ4v) is 3.13. The number of benzene rings is 2. The van der Waals surface area contributed by atoms with E-state index in [2.05, 4.69) is 17.1 Å². The second-order valence-corrected chi connectivity index (χ2v) is 6.04. The van der Waals surface area contributed by atoms with Crippen molar-refractivity contribution in [2.24, 2.45) is 0 Å². The summed E-state index contributed by atoms with van der Waals surface area (Å²) in [6, 6.07) is 14.2. The molecule has 0 aliphatic heterocycles. The number of anilines is 1. The van der Waals surface area contributed by atoms with Crippen LogP contribution in [-0.4, -0.2) is 18.2 Å². The molecule has 4 nitrogen and oxygen atoms in total. The molecule has 0 aliphatic rings. The molecule has 2 N–H and O–H groups in total. The topological polar surface area (TPSA) is 57.4 Å². The fraction of sp³-hybridized carbons (Fsp3) is 0.211. The molecule has 0 spiro atoms. The van der Waals surface area contributed by atoms with Crippen LogP contribution in [0.3, 0.4) is 0 Å². The number of aromatic nitrogens is 1. The summed E-state index contributed by atoms with van der Waals surface area (Å²) in [7, 11) is 0. The Morgan fingerprint density at radius 3 is 2.17 bits per heavy atom. The van der Waals surface area contributed by atoms with Crippen molar-refractivity contribution < 1.29 is 9.47 Å². The maximum Gasteiger partial charge on any atom is 0.180 e. The van der Waals surface area contributed by atoms with E-state index in [1.54, 1.807) is 0 Å². The zero-order chi connectivity index (χ0) is 16.9. The lowest BCUT2D eigenvalue weighted by molar-refractivity contribution is 0.333. The van der Waals surface area contributed by atoms with Crippen molar-refractivity contribution in [3.63, 3.8) is 0 Å². The first kappa shape index (κ1) is 16.3. The normalized spacial score (nSPS) is 10.6. The van der Waals surface area contributed by atoms with Crippen LogP contribution in [0.15, 0.2) is 47.8 Å². The van der Waals surface area contributed by atoms with Crippen LogP contribution in [0.5, 0.6) is 11.5 Å². The number of nitrogen functional groups attached to an aromatic ring is 1. The number of hydrogen-bond acceptors (Lipinski definition) is 5. The van der Waals surface area contributed by atoms with Crippen LogP contribution in [0.1, 0.15) is 13.8 Å². The average Bonchev–Trinajstić information content (AvgIpc) is 3.03. The van der Waals surface area contributed by atoms with Crippen LogP contribution in [0.4, 0.5) is 5.13 Å². The number of hydrogen-bond donors (Lipinski definition) is 1. The molecule has 0 saturated heterocycles. The molecule has 1 heterocycles. The number of rotatable bonds is 6. The van der Waals surface area contributed by atoms with Crippen LogP contribution < -0.4 is 15.2 Å². The third-order valence-corrected chi connectivity index (χ3v) is 4.24. The van der Waals surface area contributed by atoms with Crippen LogP contribution in [0.2, 0.25) is 0 Å². The minimum absolute atomic E-state index is 0.539. The van der Waals surface area contributed by atoms with Crippen molar-refractivity contribution in [2.45, 2.75) is 13.8 Å². The number of ether oxygens (including phenoxy) is 2. The van der Waals surface area contributed by atoms with E-state index in [4.69, 9.17) is 15.2 Å². The lowest BCUT2D eigenvalue weighted by Gasteiger charge is -2.16.